The van der Waals surface area contributed by atoms with Gasteiger partial charge in [-0.05, 0) is 18.4 Å². The van der Waals surface area contributed by atoms with Crippen LogP contribution in [0.2, 0.25) is 5.02 Å². The Kier molecular flexibility index (Phi) is 3.53. The molecule has 0 atom stereocenters. The molecule has 2 N–H and O–H groups in total. The van der Waals surface area contributed by atoms with Gasteiger partial charge in [0, 0.05) is 66.0 Å². The predicted molar refractivity (Wildman–Crippen MR) is 108 cm³/mol. The van der Waals surface area contributed by atoms with Crippen molar-refractivity contribution in [1.29, 1.82) is 0 Å². The van der Waals surface area contributed by atoms with E-state index < -0.39 is 0 Å². The summed E-state index contributed by atoms with van der Waals surface area (Å²) < 4.78 is 0. The highest BCUT2D eigenvalue weighted by molar-refractivity contribution is 6.35. The van der Waals surface area contributed by atoms with Crippen LogP contribution in [0.25, 0.3) is 22.0 Å². The number of aromatic amines is 1. The van der Waals surface area contributed by atoms with Crippen LogP contribution in [0, 0.1) is 0 Å². The average molecular weight is 381 g/mol. The lowest BCUT2D eigenvalue weighted by Gasteiger charge is -2.12. The maximum absolute atomic E-state index is 12.2. The van der Waals surface area contributed by atoms with E-state index in [9.17, 15) is 4.79 Å². The minimum absolute atomic E-state index is 0.0811. The zero-order chi connectivity index (χ0) is 18.8. The number of H-pyrrole nitrogens is 1. The molecule has 6 heteroatoms. The molecule has 2 aromatic heterocycles. The van der Waals surface area contributed by atoms with E-state index in [4.69, 9.17) is 11.6 Å². The molecular formula is C21H21ClN4O. The van der Waals surface area contributed by atoms with Gasteiger partial charge in [-0.25, -0.2) is 4.98 Å². The van der Waals surface area contributed by atoms with Gasteiger partial charge in [-0.15, -0.1) is 0 Å². The van der Waals surface area contributed by atoms with Crippen LogP contribution in [0.4, 0.5) is 5.82 Å². The molecule has 2 aliphatic rings. The van der Waals surface area contributed by atoms with Crippen molar-refractivity contribution in [2.75, 3.05) is 26.0 Å². The monoisotopic (exact) mass is 380 g/mol. The van der Waals surface area contributed by atoms with Crippen molar-refractivity contribution >= 4 is 34.2 Å². The minimum atomic E-state index is 0.0811. The average Bonchev–Trinajstić information content (AvgIpc) is 3.13. The number of amides is 1. The number of likely N-dealkylation sites (N-methyl/N-ethyl adjacent to an activating group) is 1. The van der Waals surface area contributed by atoms with Gasteiger partial charge in [-0.3, -0.25) is 4.79 Å². The molecule has 1 saturated carbocycles. The second-order valence-electron chi connectivity index (χ2n) is 7.85. The van der Waals surface area contributed by atoms with Crippen LogP contribution in [-0.4, -0.2) is 41.4 Å². The Labute approximate surface area is 162 Å². The van der Waals surface area contributed by atoms with Crippen molar-refractivity contribution < 1.29 is 4.79 Å². The molecule has 1 spiro atoms. The highest BCUT2D eigenvalue weighted by atomic mass is 35.5. The fraction of sp³-hybridized carbons (Fsp3) is 0.333. The molecule has 3 aromatic rings. The second-order valence-corrected chi connectivity index (χ2v) is 8.23. The van der Waals surface area contributed by atoms with Crippen LogP contribution in [0.1, 0.15) is 24.0 Å². The Balaban J connectivity index is 1.62. The molecule has 1 fully saturated rings. The van der Waals surface area contributed by atoms with Gasteiger partial charge < -0.3 is 15.2 Å². The minimum Gasteiger partial charge on any atom is -0.369 e. The summed E-state index contributed by atoms with van der Waals surface area (Å²) in [6, 6.07) is 6.06. The number of benzene rings is 1. The fourth-order valence-electron chi connectivity index (χ4n) is 4.12. The lowest BCUT2D eigenvalue weighted by molar-refractivity contribution is -0.127. The van der Waals surface area contributed by atoms with Gasteiger partial charge in [0.1, 0.15) is 5.82 Å². The first-order chi connectivity index (χ1) is 13.0. The Hall–Kier alpha value is -2.53. The third-order valence-electron chi connectivity index (χ3n) is 5.93. The molecule has 5 rings (SSSR count). The van der Waals surface area contributed by atoms with Crippen molar-refractivity contribution in [3.8, 4) is 11.1 Å². The fourth-order valence-corrected chi connectivity index (χ4v) is 4.56. The number of carbonyl (C=O) groups is 1. The topological polar surface area (TPSA) is 61.0 Å². The van der Waals surface area contributed by atoms with Gasteiger partial charge in [0.2, 0.25) is 5.91 Å². The Morgan fingerprint density at radius 1 is 1.30 bits per heavy atom. The number of pyridine rings is 1. The SMILES string of the molecule is CN(C)C(=O)Cc1cccc2c(-c3cnc4c(c3Cl)C3(CC3)CN4)c[nH]c12. The predicted octanol–water partition coefficient (Wildman–Crippen LogP) is 3.97. The lowest BCUT2D eigenvalue weighted by Crippen LogP contribution is -2.23. The number of halogens is 1. The van der Waals surface area contributed by atoms with Crippen LogP contribution in [0.15, 0.2) is 30.6 Å². The van der Waals surface area contributed by atoms with Crippen LogP contribution < -0.4 is 5.32 Å². The summed E-state index contributed by atoms with van der Waals surface area (Å²) in [5, 5.41) is 5.27. The van der Waals surface area contributed by atoms with Gasteiger partial charge in [-0.1, -0.05) is 29.8 Å². The maximum Gasteiger partial charge on any atom is 0.226 e. The Bertz CT molecular complexity index is 1080. The second kappa shape index (κ2) is 5.73. The van der Waals surface area contributed by atoms with E-state index in [2.05, 4.69) is 21.4 Å². The molecule has 0 saturated heterocycles. The normalized spacial score (nSPS) is 16.4. The zero-order valence-corrected chi connectivity index (χ0v) is 16.2. The number of anilines is 1. The number of hydrogen-bond donors (Lipinski definition) is 2. The first-order valence-electron chi connectivity index (χ1n) is 9.22. The number of para-hydroxylation sites is 1. The largest absolute Gasteiger partial charge is 0.369 e. The Morgan fingerprint density at radius 3 is 2.85 bits per heavy atom. The highest BCUT2D eigenvalue weighted by Crippen LogP contribution is 2.57. The number of nitrogens with one attached hydrogen (secondary N) is 2. The van der Waals surface area contributed by atoms with Gasteiger partial charge in [0.05, 0.1) is 11.4 Å². The summed E-state index contributed by atoms with van der Waals surface area (Å²) in [6.07, 6.45) is 6.54. The number of fused-ring (bicyclic) bond motifs is 3. The third-order valence-corrected chi connectivity index (χ3v) is 6.32. The van der Waals surface area contributed by atoms with Gasteiger partial charge >= 0.3 is 0 Å². The van der Waals surface area contributed by atoms with Gasteiger partial charge in [0.25, 0.3) is 0 Å². The van der Waals surface area contributed by atoms with Crippen LogP contribution >= 0.6 is 11.6 Å². The van der Waals surface area contributed by atoms with Gasteiger partial charge in [-0.2, -0.15) is 0 Å². The molecule has 138 valence electrons. The molecule has 0 unspecified atom stereocenters. The molecule has 3 heterocycles. The van der Waals surface area contributed by atoms with E-state index >= 15 is 0 Å². The third kappa shape index (κ3) is 2.45. The van der Waals surface area contributed by atoms with Gasteiger partial charge in [0.15, 0.2) is 0 Å². The van der Waals surface area contributed by atoms with Crippen LogP contribution in [0.3, 0.4) is 0 Å². The molecule has 0 bridgehead atoms. The maximum atomic E-state index is 12.2. The molecule has 1 aromatic carbocycles. The quantitative estimate of drug-likeness (QED) is 0.722. The molecular weight excluding hydrogens is 360 g/mol. The summed E-state index contributed by atoms with van der Waals surface area (Å²) >= 11 is 6.88. The number of hydrogen-bond acceptors (Lipinski definition) is 3. The molecule has 1 amide bonds. The summed E-state index contributed by atoms with van der Waals surface area (Å²) in [6.45, 7) is 0.934. The number of nitrogens with zero attached hydrogens (tertiary/aromatic N) is 2. The first kappa shape index (κ1) is 16.6. The highest BCUT2D eigenvalue weighted by Gasteiger charge is 2.51. The van der Waals surface area contributed by atoms with E-state index in [1.165, 1.54) is 18.4 Å². The van der Waals surface area contributed by atoms with Crippen LogP contribution in [-0.2, 0) is 16.6 Å². The smallest absolute Gasteiger partial charge is 0.226 e. The van der Waals surface area contributed by atoms with Crippen molar-refractivity contribution in [3.63, 3.8) is 0 Å². The molecule has 1 aliphatic heterocycles. The molecule has 0 radical (unpaired) electrons. The van der Waals surface area contributed by atoms with E-state index in [0.29, 0.717) is 6.42 Å². The molecule has 27 heavy (non-hydrogen) atoms. The zero-order valence-electron chi connectivity index (χ0n) is 15.4. The molecule has 5 nitrogen and oxygen atoms in total. The molecule has 1 aliphatic carbocycles. The van der Waals surface area contributed by atoms with Crippen molar-refractivity contribution in [2.45, 2.75) is 24.7 Å². The summed E-state index contributed by atoms with van der Waals surface area (Å²) in [4.78, 5) is 21.8. The van der Waals surface area contributed by atoms with Crippen molar-refractivity contribution in [2.24, 2.45) is 0 Å². The summed E-state index contributed by atoms with van der Waals surface area (Å²) in [5.41, 5.74) is 5.32. The standard InChI is InChI=1S/C21H21ClN4O/c1-26(2)16(27)8-12-4-3-5-13-14(9-23-19(12)13)15-10-24-20-17(18(15)22)21(6-7-21)11-25-20/h3-5,9-10,23H,6-8,11H2,1-2H3,(H,24,25). The number of aromatic nitrogens is 2. The summed E-state index contributed by atoms with van der Waals surface area (Å²) in [7, 11) is 3.56. The van der Waals surface area contributed by atoms with E-state index in [1.54, 1.807) is 19.0 Å². The Morgan fingerprint density at radius 2 is 2.11 bits per heavy atom. The number of carbonyl (C=O) groups excluding carboxylic acids is 1. The first-order valence-corrected chi connectivity index (χ1v) is 9.60. The van der Waals surface area contributed by atoms with E-state index in [-0.39, 0.29) is 11.3 Å². The lowest BCUT2D eigenvalue weighted by atomic mass is 9.96. The van der Waals surface area contributed by atoms with E-state index in [0.717, 1.165) is 45.0 Å². The summed E-state index contributed by atoms with van der Waals surface area (Å²) in [5.74, 6) is 1.01. The van der Waals surface area contributed by atoms with Crippen LogP contribution in [0.5, 0.6) is 0 Å². The van der Waals surface area contributed by atoms with Crippen molar-refractivity contribution in [1.82, 2.24) is 14.9 Å². The van der Waals surface area contributed by atoms with Crippen molar-refractivity contribution in [3.05, 3.63) is 46.7 Å². The number of rotatable bonds is 3. The van der Waals surface area contributed by atoms with E-state index in [1.807, 2.05) is 24.5 Å².